The summed E-state index contributed by atoms with van der Waals surface area (Å²) in [4.78, 5) is 16.7. The van der Waals surface area contributed by atoms with Crippen molar-refractivity contribution in [3.05, 3.63) is 58.1 Å². The molecule has 1 aliphatic carbocycles. The Balaban J connectivity index is 1.71. The normalized spacial score (nSPS) is 15.5. The molecule has 1 aliphatic heterocycles. The van der Waals surface area contributed by atoms with Gasteiger partial charge in [0.05, 0.1) is 28.3 Å². The summed E-state index contributed by atoms with van der Waals surface area (Å²) in [7, 11) is 0. The van der Waals surface area contributed by atoms with Gasteiger partial charge >= 0.3 is 5.97 Å². The van der Waals surface area contributed by atoms with E-state index in [1.165, 1.54) is 23.4 Å². The first-order valence-electron chi connectivity index (χ1n) is 10.4. The number of rotatable bonds is 4. The monoisotopic (exact) mass is 415 g/mol. The maximum atomic E-state index is 11.8. The third-order valence-corrected chi connectivity index (χ3v) is 7.52. The fourth-order valence-electron chi connectivity index (χ4n) is 4.69. The molecule has 1 saturated carbocycles. The van der Waals surface area contributed by atoms with Crippen LogP contribution in [0, 0.1) is 6.92 Å². The average molecular weight is 416 g/mol. The number of nitrogens with zero attached hydrogens (tertiary/aromatic N) is 1. The van der Waals surface area contributed by atoms with E-state index in [2.05, 4.69) is 30.3 Å². The zero-order chi connectivity index (χ0) is 20.4. The minimum atomic E-state index is -0.809. The number of benzene rings is 3. The van der Waals surface area contributed by atoms with E-state index in [9.17, 15) is 9.90 Å². The number of hydrogen-bond acceptors (Lipinski definition) is 4. The molecule has 30 heavy (non-hydrogen) atoms. The fraction of sp³-hybridized carbons (Fsp3) is 0.280. The van der Waals surface area contributed by atoms with Crippen molar-refractivity contribution in [3.63, 3.8) is 0 Å². The molecule has 1 N–H and O–H groups in total. The smallest absolute Gasteiger partial charge is 0.307 e. The number of fused-ring (bicyclic) bond motifs is 1. The predicted molar refractivity (Wildman–Crippen MR) is 120 cm³/mol. The lowest BCUT2D eigenvalue weighted by molar-refractivity contribution is -0.136. The lowest BCUT2D eigenvalue weighted by atomic mass is 9.88. The van der Waals surface area contributed by atoms with E-state index in [1.54, 1.807) is 11.3 Å². The van der Waals surface area contributed by atoms with Gasteiger partial charge in [-0.25, -0.2) is 4.98 Å². The Hall–Kier alpha value is -2.92. The predicted octanol–water partition coefficient (Wildman–Crippen LogP) is 5.86. The average Bonchev–Trinajstić information content (AvgIpc) is 3.50. The summed E-state index contributed by atoms with van der Waals surface area (Å²) in [6, 6.07) is 12.6. The molecule has 1 aromatic heterocycles. The summed E-state index contributed by atoms with van der Waals surface area (Å²) in [5.74, 6) is 0.683. The highest BCUT2D eigenvalue weighted by molar-refractivity contribution is 7.19. The molecular weight excluding hydrogens is 394 g/mol. The lowest BCUT2D eigenvalue weighted by Crippen LogP contribution is -2.09. The van der Waals surface area contributed by atoms with E-state index in [0.717, 1.165) is 55.4 Å². The Labute approximate surface area is 178 Å². The van der Waals surface area contributed by atoms with Crippen LogP contribution in [0.5, 0.6) is 5.75 Å². The Bertz CT molecular complexity index is 1340. The van der Waals surface area contributed by atoms with Crippen molar-refractivity contribution in [2.24, 2.45) is 0 Å². The molecule has 0 radical (unpaired) electrons. The summed E-state index contributed by atoms with van der Waals surface area (Å²) in [5.41, 5.74) is 6.27. The Morgan fingerprint density at radius 1 is 1.27 bits per heavy atom. The van der Waals surface area contributed by atoms with Crippen LogP contribution in [0.4, 0.5) is 0 Å². The first-order chi connectivity index (χ1) is 14.6. The number of carboxylic acids is 1. The third-order valence-electron chi connectivity index (χ3n) is 6.27. The number of aliphatic carboxylic acids is 1. The molecular formula is C25H21NO3S. The van der Waals surface area contributed by atoms with Gasteiger partial charge in [-0.1, -0.05) is 18.2 Å². The zero-order valence-electron chi connectivity index (χ0n) is 16.7. The van der Waals surface area contributed by atoms with Gasteiger partial charge in [-0.05, 0) is 65.6 Å². The van der Waals surface area contributed by atoms with Crippen LogP contribution in [0.15, 0.2) is 36.4 Å². The zero-order valence-corrected chi connectivity index (χ0v) is 17.5. The summed E-state index contributed by atoms with van der Waals surface area (Å²) < 4.78 is 7.04. The number of aryl methyl sites for hydroxylation is 1. The van der Waals surface area contributed by atoms with Gasteiger partial charge in [-0.3, -0.25) is 4.79 Å². The van der Waals surface area contributed by atoms with Crippen molar-refractivity contribution >= 4 is 38.3 Å². The topological polar surface area (TPSA) is 59.4 Å². The van der Waals surface area contributed by atoms with E-state index in [0.29, 0.717) is 12.5 Å². The highest BCUT2D eigenvalue weighted by Crippen LogP contribution is 2.48. The molecule has 0 amide bonds. The minimum absolute atomic E-state index is 0.00715. The molecule has 2 aliphatic rings. The molecule has 1 fully saturated rings. The molecule has 3 aromatic carbocycles. The van der Waals surface area contributed by atoms with E-state index in [-0.39, 0.29) is 6.42 Å². The van der Waals surface area contributed by atoms with Crippen molar-refractivity contribution in [1.29, 1.82) is 0 Å². The molecule has 6 rings (SSSR count). The van der Waals surface area contributed by atoms with Crippen LogP contribution in [-0.2, 0) is 17.6 Å². The van der Waals surface area contributed by atoms with Gasteiger partial charge in [0.25, 0.3) is 0 Å². The number of thiazole rings is 1. The third kappa shape index (κ3) is 2.72. The SMILES string of the molecule is Cc1cc2nc(C3CC3)sc2c(-c2ccc3c4c(cccc24)CCO3)c1CC(=O)O. The largest absolute Gasteiger partial charge is 0.493 e. The summed E-state index contributed by atoms with van der Waals surface area (Å²) in [6.07, 6.45) is 3.31. The Morgan fingerprint density at radius 3 is 2.93 bits per heavy atom. The van der Waals surface area contributed by atoms with Crippen molar-refractivity contribution < 1.29 is 14.6 Å². The fourth-order valence-corrected chi connectivity index (χ4v) is 5.99. The van der Waals surface area contributed by atoms with E-state index in [1.807, 2.05) is 13.0 Å². The van der Waals surface area contributed by atoms with Crippen LogP contribution < -0.4 is 4.74 Å². The maximum Gasteiger partial charge on any atom is 0.307 e. The van der Waals surface area contributed by atoms with Crippen molar-refractivity contribution in [2.75, 3.05) is 6.61 Å². The Kier molecular flexibility index (Phi) is 3.90. The molecule has 4 aromatic rings. The number of ether oxygens (including phenoxy) is 1. The molecule has 4 nitrogen and oxygen atoms in total. The molecule has 5 heteroatoms. The van der Waals surface area contributed by atoms with Crippen molar-refractivity contribution in [1.82, 2.24) is 4.98 Å². The van der Waals surface area contributed by atoms with E-state index < -0.39 is 5.97 Å². The van der Waals surface area contributed by atoms with Crippen LogP contribution in [0.1, 0.15) is 40.5 Å². The highest BCUT2D eigenvalue weighted by atomic mass is 32.1. The van der Waals surface area contributed by atoms with Gasteiger partial charge in [0.15, 0.2) is 0 Å². The second-order valence-corrected chi connectivity index (χ2v) is 9.37. The van der Waals surface area contributed by atoms with Gasteiger partial charge in [-0.15, -0.1) is 11.3 Å². The summed E-state index contributed by atoms with van der Waals surface area (Å²) in [5, 5.41) is 13.1. The van der Waals surface area contributed by atoms with Crippen LogP contribution >= 0.6 is 11.3 Å². The summed E-state index contributed by atoms with van der Waals surface area (Å²) in [6.45, 7) is 2.70. The van der Waals surface area contributed by atoms with Crippen LogP contribution in [0.3, 0.4) is 0 Å². The molecule has 0 saturated heterocycles. The summed E-state index contributed by atoms with van der Waals surface area (Å²) >= 11 is 1.74. The van der Waals surface area contributed by atoms with Gasteiger partial charge in [0, 0.05) is 23.3 Å². The van der Waals surface area contributed by atoms with Gasteiger partial charge in [-0.2, -0.15) is 0 Å². The highest BCUT2D eigenvalue weighted by Gasteiger charge is 2.29. The molecule has 2 heterocycles. The maximum absolute atomic E-state index is 11.8. The van der Waals surface area contributed by atoms with Crippen LogP contribution in [0.25, 0.3) is 32.1 Å². The number of hydrogen-bond donors (Lipinski definition) is 1. The number of aromatic nitrogens is 1. The van der Waals surface area contributed by atoms with E-state index >= 15 is 0 Å². The number of carbonyl (C=O) groups is 1. The van der Waals surface area contributed by atoms with Crippen molar-refractivity contribution in [3.8, 4) is 16.9 Å². The second kappa shape index (κ2) is 6.54. The molecule has 0 unspecified atom stereocenters. The first-order valence-corrected chi connectivity index (χ1v) is 11.2. The number of carboxylic acid groups (broad SMARTS) is 1. The van der Waals surface area contributed by atoms with Gasteiger partial charge in [0.1, 0.15) is 5.75 Å². The standard InChI is InChI=1S/C25H21NO3S/c1-13-11-19-24(30-25(26-19)15-5-6-15)23(18(13)12-21(27)28)17-7-8-20-22-14(9-10-29-20)3-2-4-16(17)22/h2-4,7-8,11,15H,5-6,9-10,12H2,1H3,(H,27,28). The lowest BCUT2D eigenvalue weighted by Gasteiger charge is -2.21. The second-order valence-electron chi connectivity index (χ2n) is 8.34. The van der Waals surface area contributed by atoms with E-state index in [4.69, 9.17) is 9.72 Å². The minimum Gasteiger partial charge on any atom is -0.493 e. The molecule has 0 spiro atoms. The Morgan fingerprint density at radius 2 is 2.13 bits per heavy atom. The van der Waals surface area contributed by atoms with Crippen LogP contribution in [-0.4, -0.2) is 22.7 Å². The molecule has 0 bridgehead atoms. The van der Waals surface area contributed by atoms with Gasteiger partial charge < -0.3 is 9.84 Å². The van der Waals surface area contributed by atoms with Crippen LogP contribution in [0.2, 0.25) is 0 Å². The first kappa shape index (κ1) is 17.9. The van der Waals surface area contributed by atoms with Crippen molar-refractivity contribution in [2.45, 2.75) is 38.5 Å². The quantitative estimate of drug-likeness (QED) is 0.453. The molecule has 150 valence electrons. The molecule has 0 atom stereocenters. The van der Waals surface area contributed by atoms with Gasteiger partial charge in [0.2, 0.25) is 0 Å².